The predicted octanol–water partition coefficient (Wildman–Crippen LogP) is 1.69. The molecule has 1 unspecified atom stereocenters. The molecular formula is C17H18N4O3. The van der Waals surface area contributed by atoms with Crippen LogP contribution >= 0.6 is 0 Å². The molecule has 7 nitrogen and oxygen atoms in total. The molecule has 0 saturated carbocycles. The molecule has 2 aliphatic rings. The predicted molar refractivity (Wildman–Crippen MR) is 87.0 cm³/mol. The lowest BCUT2D eigenvalue weighted by Gasteiger charge is -2.33. The molecule has 124 valence electrons. The van der Waals surface area contributed by atoms with Crippen molar-refractivity contribution < 1.29 is 14.3 Å². The quantitative estimate of drug-likeness (QED) is 0.911. The van der Waals surface area contributed by atoms with Crippen molar-refractivity contribution in [3.8, 4) is 5.75 Å². The molecule has 24 heavy (non-hydrogen) atoms. The van der Waals surface area contributed by atoms with E-state index >= 15 is 0 Å². The van der Waals surface area contributed by atoms with Gasteiger partial charge in [-0.2, -0.15) is 5.10 Å². The van der Waals surface area contributed by atoms with E-state index in [2.05, 4.69) is 10.4 Å². The highest BCUT2D eigenvalue weighted by atomic mass is 16.5. The van der Waals surface area contributed by atoms with Crippen molar-refractivity contribution in [3.63, 3.8) is 0 Å². The maximum atomic E-state index is 12.8. The van der Waals surface area contributed by atoms with Crippen molar-refractivity contribution in [2.45, 2.75) is 18.9 Å². The smallest absolute Gasteiger partial charge is 0.262 e. The van der Waals surface area contributed by atoms with E-state index in [9.17, 15) is 9.59 Å². The molecule has 4 rings (SSSR count). The van der Waals surface area contributed by atoms with Crippen LogP contribution in [-0.2, 0) is 4.79 Å². The number of carbonyl (C=O) groups is 2. The zero-order chi connectivity index (χ0) is 16.5. The third-order valence-corrected chi connectivity index (χ3v) is 4.44. The number of ether oxygens (including phenoxy) is 1. The summed E-state index contributed by atoms with van der Waals surface area (Å²) in [5, 5.41) is 7.03. The van der Waals surface area contributed by atoms with Crippen molar-refractivity contribution in [3.05, 3.63) is 42.2 Å². The summed E-state index contributed by atoms with van der Waals surface area (Å²) in [6.45, 7) is 1.38. The van der Waals surface area contributed by atoms with Gasteiger partial charge in [-0.25, -0.2) is 0 Å². The summed E-state index contributed by atoms with van der Waals surface area (Å²) in [5.41, 5.74) is 1.11. The van der Waals surface area contributed by atoms with Crippen LogP contribution in [0.1, 0.15) is 29.2 Å². The highest BCUT2D eigenvalue weighted by Crippen LogP contribution is 2.30. The molecule has 1 aromatic carbocycles. The molecule has 2 amide bonds. The van der Waals surface area contributed by atoms with Crippen molar-refractivity contribution in [2.75, 3.05) is 25.0 Å². The van der Waals surface area contributed by atoms with Crippen LogP contribution in [0, 0.1) is 0 Å². The lowest BCUT2D eigenvalue weighted by molar-refractivity contribution is -0.118. The minimum Gasteiger partial charge on any atom is -0.482 e. The summed E-state index contributed by atoms with van der Waals surface area (Å²) < 4.78 is 7.25. The Morgan fingerprint density at radius 3 is 3.12 bits per heavy atom. The summed E-state index contributed by atoms with van der Waals surface area (Å²) in [6, 6.07) is 7.27. The van der Waals surface area contributed by atoms with Crippen molar-refractivity contribution in [2.24, 2.45) is 0 Å². The molecule has 0 spiro atoms. The fraction of sp³-hybridized carbons (Fsp3) is 0.353. The Kier molecular flexibility index (Phi) is 3.68. The van der Waals surface area contributed by atoms with Crippen LogP contribution in [0.15, 0.2) is 36.7 Å². The highest BCUT2D eigenvalue weighted by molar-refractivity contribution is 5.99. The SMILES string of the molecule is O=C1COc2ccc(C(=O)N3CCCC(n4cccn4)C3)cc2N1. The van der Waals surface area contributed by atoms with Gasteiger partial charge in [0, 0.05) is 31.0 Å². The first kappa shape index (κ1) is 14.7. The van der Waals surface area contributed by atoms with Gasteiger partial charge in [-0.3, -0.25) is 14.3 Å². The van der Waals surface area contributed by atoms with Crippen LogP contribution in [-0.4, -0.2) is 46.2 Å². The fourth-order valence-corrected chi connectivity index (χ4v) is 3.25. The van der Waals surface area contributed by atoms with Gasteiger partial charge in [0.15, 0.2) is 6.61 Å². The van der Waals surface area contributed by atoms with E-state index in [1.165, 1.54) is 0 Å². The number of piperidine rings is 1. The molecule has 2 aromatic rings. The molecule has 1 saturated heterocycles. The summed E-state index contributed by atoms with van der Waals surface area (Å²) in [7, 11) is 0. The lowest BCUT2D eigenvalue weighted by Crippen LogP contribution is -2.41. The number of benzene rings is 1. The Hall–Kier alpha value is -2.83. The second kappa shape index (κ2) is 5.99. The number of likely N-dealkylation sites (tertiary alicyclic amines) is 1. The van der Waals surface area contributed by atoms with E-state index < -0.39 is 0 Å². The third-order valence-electron chi connectivity index (χ3n) is 4.44. The van der Waals surface area contributed by atoms with E-state index in [-0.39, 0.29) is 24.5 Å². The maximum absolute atomic E-state index is 12.8. The average Bonchev–Trinajstić information content (AvgIpc) is 3.15. The van der Waals surface area contributed by atoms with Crippen LogP contribution in [0.5, 0.6) is 5.75 Å². The van der Waals surface area contributed by atoms with Gasteiger partial charge in [0.2, 0.25) is 0 Å². The van der Waals surface area contributed by atoms with Crippen LogP contribution in [0.3, 0.4) is 0 Å². The number of nitrogens with zero attached hydrogens (tertiary/aromatic N) is 3. The van der Waals surface area contributed by atoms with Gasteiger partial charge in [-0.05, 0) is 37.1 Å². The molecular weight excluding hydrogens is 308 g/mol. The van der Waals surface area contributed by atoms with Gasteiger partial charge in [-0.15, -0.1) is 0 Å². The number of aromatic nitrogens is 2. The fourth-order valence-electron chi connectivity index (χ4n) is 3.25. The number of rotatable bonds is 2. The average molecular weight is 326 g/mol. The van der Waals surface area contributed by atoms with E-state index in [0.29, 0.717) is 23.5 Å². The van der Waals surface area contributed by atoms with E-state index in [1.54, 1.807) is 24.4 Å². The third kappa shape index (κ3) is 2.73. The highest BCUT2D eigenvalue weighted by Gasteiger charge is 2.26. The normalized spacial score (nSPS) is 20.1. The second-order valence-electron chi connectivity index (χ2n) is 6.08. The largest absolute Gasteiger partial charge is 0.482 e. The van der Waals surface area contributed by atoms with Gasteiger partial charge in [0.1, 0.15) is 5.75 Å². The van der Waals surface area contributed by atoms with Gasteiger partial charge in [-0.1, -0.05) is 0 Å². The first-order chi connectivity index (χ1) is 11.7. The Morgan fingerprint density at radius 1 is 1.38 bits per heavy atom. The molecule has 0 bridgehead atoms. The van der Waals surface area contributed by atoms with Crippen LogP contribution in [0.25, 0.3) is 0 Å². The zero-order valence-electron chi connectivity index (χ0n) is 13.1. The summed E-state index contributed by atoms with van der Waals surface area (Å²) >= 11 is 0. The number of carbonyl (C=O) groups excluding carboxylic acids is 2. The minimum absolute atomic E-state index is 0.0119. The van der Waals surface area contributed by atoms with Crippen LogP contribution < -0.4 is 10.1 Å². The number of amides is 2. The Bertz CT molecular complexity index is 772. The molecule has 3 heterocycles. The van der Waals surface area contributed by atoms with E-state index in [4.69, 9.17) is 4.74 Å². The Labute approximate surface area is 139 Å². The summed E-state index contributed by atoms with van der Waals surface area (Å²) in [6.07, 6.45) is 5.65. The van der Waals surface area contributed by atoms with Crippen LogP contribution in [0.2, 0.25) is 0 Å². The van der Waals surface area contributed by atoms with Gasteiger partial charge < -0.3 is 15.0 Å². The number of hydrogen-bond acceptors (Lipinski definition) is 4. The van der Waals surface area contributed by atoms with Gasteiger partial charge in [0.05, 0.1) is 11.7 Å². The number of anilines is 1. The number of hydrogen-bond donors (Lipinski definition) is 1. The van der Waals surface area contributed by atoms with Crippen molar-refractivity contribution in [1.82, 2.24) is 14.7 Å². The van der Waals surface area contributed by atoms with E-state index in [0.717, 1.165) is 19.4 Å². The number of nitrogens with one attached hydrogen (secondary N) is 1. The summed E-state index contributed by atoms with van der Waals surface area (Å²) in [5.74, 6) is 0.359. The Balaban J connectivity index is 1.53. The second-order valence-corrected chi connectivity index (χ2v) is 6.08. The maximum Gasteiger partial charge on any atom is 0.262 e. The van der Waals surface area contributed by atoms with Gasteiger partial charge >= 0.3 is 0 Å². The first-order valence-corrected chi connectivity index (χ1v) is 8.06. The molecule has 2 aliphatic heterocycles. The standard InChI is InChI=1S/C17H18N4O3/c22-16-11-24-15-5-4-12(9-14(15)19-16)17(23)20-7-1-3-13(10-20)21-8-2-6-18-21/h2,4-6,8-9,13H,1,3,7,10-11H2,(H,19,22). The molecule has 1 aromatic heterocycles. The molecule has 1 fully saturated rings. The van der Waals surface area contributed by atoms with Crippen molar-refractivity contribution in [1.29, 1.82) is 0 Å². The first-order valence-electron chi connectivity index (χ1n) is 8.06. The van der Waals surface area contributed by atoms with Crippen LogP contribution in [0.4, 0.5) is 5.69 Å². The lowest BCUT2D eigenvalue weighted by atomic mass is 10.0. The topological polar surface area (TPSA) is 76.5 Å². The monoisotopic (exact) mass is 326 g/mol. The molecule has 7 heteroatoms. The molecule has 0 radical (unpaired) electrons. The van der Waals surface area contributed by atoms with Gasteiger partial charge in [0.25, 0.3) is 11.8 Å². The molecule has 0 aliphatic carbocycles. The van der Waals surface area contributed by atoms with E-state index in [1.807, 2.05) is 21.8 Å². The molecule has 1 N–H and O–H groups in total. The van der Waals surface area contributed by atoms with Crippen molar-refractivity contribution >= 4 is 17.5 Å². The Morgan fingerprint density at radius 2 is 2.29 bits per heavy atom. The number of fused-ring (bicyclic) bond motifs is 1. The minimum atomic E-state index is -0.205. The summed E-state index contributed by atoms with van der Waals surface area (Å²) in [4.78, 5) is 26.1. The zero-order valence-corrected chi connectivity index (χ0v) is 13.1. The molecule has 1 atom stereocenters.